The highest BCUT2D eigenvalue weighted by Crippen LogP contribution is 2.27. The van der Waals surface area contributed by atoms with Crippen molar-refractivity contribution in [1.29, 1.82) is 0 Å². The Morgan fingerprint density at radius 2 is 1.21 bits per heavy atom. The summed E-state index contributed by atoms with van der Waals surface area (Å²) >= 11 is 7.08. The summed E-state index contributed by atoms with van der Waals surface area (Å²) in [6.45, 7) is 3.03. The predicted octanol–water partition coefficient (Wildman–Crippen LogP) is 7.19. The fraction of sp³-hybridized carbons (Fsp3) is 0.0800. The quantitative estimate of drug-likeness (QED) is 0.265. The van der Waals surface area contributed by atoms with Gasteiger partial charge in [-0.2, -0.15) is 4.57 Å². The lowest BCUT2D eigenvalue weighted by Crippen LogP contribution is -2.40. The van der Waals surface area contributed by atoms with Gasteiger partial charge in [-0.15, -0.1) is 0 Å². The maximum Gasteiger partial charge on any atom is 0.213 e. The molecule has 0 aliphatic heterocycles. The molecule has 0 saturated carbocycles. The molecule has 0 atom stereocenters. The fourth-order valence-corrected chi connectivity index (χ4v) is 3.93. The Bertz CT molecular complexity index is 1090. The van der Waals surface area contributed by atoms with E-state index in [1.165, 1.54) is 33.6 Å². The largest absolute Gasteiger partial charge is 0.213 e. The zero-order valence-corrected chi connectivity index (χ0v) is 18.7. The SMILES string of the molecule is Cc1cc(-c2ccc(Br)cc2)cc(-c2ccc(Br)cc2)[n+]1Cc1ccccc1. The second-order valence-corrected chi connectivity index (χ2v) is 8.69. The Kier molecular flexibility index (Phi) is 5.74. The molecule has 3 aromatic carbocycles. The van der Waals surface area contributed by atoms with Crippen molar-refractivity contribution in [2.24, 2.45) is 0 Å². The number of rotatable bonds is 4. The molecule has 0 saturated heterocycles. The van der Waals surface area contributed by atoms with E-state index in [1.807, 2.05) is 0 Å². The topological polar surface area (TPSA) is 3.88 Å². The lowest BCUT2D eigenvalue weighted by atomic mass is 10.0. The van der Waals surface area contributed by atoms with Gasteiger partial charge in [0.15, 0.2) is 12.2 Å². The van der Waals surface area contributed by atoms with E-state index in [1.54, 1.807) is 0 Å². The zero-order chi connectivity index (χ0) is 19.5. The first-order valence-corrected chi connectivity index (χ1v) is 10.8. The Hall–Kier alpha value is -2.23. The van der Waals surface area contributed by atoms with Gasteiger partial charge < -0.3 is 0 Å². The first-order valence-electron chi connectivity index (χ1n) is 9.20. The van der Waals surface area contributed by atoms with Crippen molar-refractivity contribution in [3.63, 3.8) is 0 Å². The lowest BCUT2D eigenvalue weighted by molar-refractivity contribution is -0.683. The Morgan fingerprint density at radius 3 is 1.82 bits per heavy atom. The number of nitrogens with zero attached hydrogens (tertiary/aromatic N) is 1. The monoisotopic (exact) mass is 492 g/mol. The molecule has 0 N–H and O–H groups in total. The van der Waals surface area contributed by atoms with Crippen molar-refractivity contribution < 1.29 is 4.57 Å². The van der Waals surface area contributed by atoms with E-state index < -0.39 is 0 Å². The molecule has 0 radical (unpaired) electrons. The minimum absolute atomic E-state index is 0.846. The summed E-state index contributed by atoms with van der Waals surface area (Å²) in [7, 11) is 0. The highest BCUT2D eigenvalue weighted by atomic mass is 79.9. The molecular weight excluding hydrogens is 474 g/mol. The van der Waals surface area contributed by atoms with E-state index in [0.717, 1.165) is 15.5 Å². The molecule has 0 amide bonds. The van der Waals surface area contributed by atoms with Gasteiger partial charge in [-0.25, -0.2) is 0 Å². The van der Waals surface area contributed by atoms with Crippen LogP contribution in [0.1, 0.15) is 11.3 Å². The molecule has 3 heteroatoms. The third kappa shape index (κ3) is 4.26. The number of hydrogen-bond acceptors (Lipinski definition) is 0. The molecule has 0 aliphatic rings. The van der Waals surface area contributed by atoms with E-state index in [2.05, 4.69) is 134 Å². The number of pyridine rings is 1. The molecule has 4 aromatic rings. The van der Waals surface area contributed by atoms with Gasteiger partial charge in [0.1, 0.15) is 0 Å². The van der Waals surface area contributed by atoms with Gasteiger partial charge in [0.25, 0.3) is 0 Å². The molecule has 138 valence electrons. The Balaban J connectivity index is 1.87. The summed E-state index contributed by atoms with van der Waals surface area (Å²) in [5.74, 6) is 0. The number of halogens is 2. The van der Waals surface area contributed by atoms with Gasteiger partial charge in [0.2, 0.25) is 5.69 Å². The molecule has 1 nitrogen and oxygen atoms in total. The van der Waals surface area contributed by atoms with Crippen LogP contribution in [0.4, 0.5) is 0 Å². The average molecular weight is 494 g/mol. The standard InChI is InChI=1S/C25H20Br2N/c1-18-15-22(20-7-11-23(26)12-8-20)16-25(21-9-13-24(27)14-10-21)28(18)17-19-5-3-2-4-6-19/h2-16H,17H2,1H3/q+1. The first-order chi connectivity index (χ1) is 13.6. The molecule has 0 bridgehead atoms. The molecule has 0 fully saturated rings. The third-order valence-corrected chi connectivity index (χ3v) is 5.93. The van der Waals surface area contributed by atoms with Crippen LogP contribution in [0, 0.1) is 6.92 Å². The number of hydrogen-bond donors (Lipinski definition) is 0. The van der Waals surface area contributed by atoms with Crippen LogP contribution < -0.4 is 4.57 Å². The van der Waals surface area contributed by atoms with Crippen LogP contribution in [-0.4, -0.2) is 0 Å². The summed E-state index contributed by atoms with van der Waals surface area (Å²) in [5, 5.41) is 0. The second-order valence-electron chi connectivity index (χ2n) is 6.86. The summed E-state index contributed by atoms with van der Waals surface area (Å²) < 4.78 is 4.57. The van der Waals surface area contributed by atoms with Crippen molar-refractivity contribution in [3.8, 4) is 22.4 Å². The van der Waals surface area contributed by atoms with E-state index >= 15 is 0 Å². The minimum Gasteiger partial charge on any atom is -0.191 e. The lowest BCUT2D eigenvalue weighted by Gasteiger charge is -2.11. The van der Waals surface area contributed by atoms with Crippen molar-refractivity contribution in [2.45, 2.75) is 13.5 Å². The molecular formula is C25H20Br2N+. The van der Waals surface area contributed by atoms with Crippen LogP contribution in [-0.2, 0) is 6.54 Å². The van der Waals surface area contributed by atoms with Gasteiger partial charge in [-0.05, 0) is 47.5 Å². The smallest absolute Gasteiger partial charge is 0.191 e. The average Bonchev–Trinajstić information content (AvgIpc) is 2.71. The number of aromatic nitrogens is 1. The third-order valence-electron chi connectivity index (χ3n) is 4.87. The van der Waals surface area contributed by atoms with E-state index in [0.29, 0.717) is 0 Å². The first kappa shape index (κ1) is 19.1. The van der Waals surface area contributed by atoms with Crippen LogP contribution in [0.2, 0.25) is 0 Å². The highest BCUT2D eigenvalue weighted by Gasteiger charge is 2.19. The van der Waals surface area contributed by atoms with Crippen LogP contribution in [0.5, 0.6) is 0 Å². The summed E-state index contributed by atoms with van der Waals surface area (Å²) in [5.41, 5.74) is 7.41. The predicted molar refractivity (Wildman–Crippen MR) is 123 cm³/mol. The second kappa shape index (κ2) is 8.42. The molecule has 4 rings (SSSR count). The summed E-state index contributed by atoms with van der Waals surface area (Å²) in [6.07, 6.45) is 0. The highest BCUT2D eigenvalue weighted by molar-refractivity contribution is 9.10. The van der Waals surface area contributed by atoms with Crippen molar-refractivity contribution in [3.05, 3.63) is 111 Å². The Morgan fingerprint density at radius 1 is 0.643 bits per heavy atom. The minimum atomic E-state index is 0.846. The molecule has 1 heterocycles. The fourth-order valence-electron chi connectivity index (χ4n) is 3.40. The molecule has 28 heavy (non-hydrogen) atoms. The van der Waals surface area contributed by atoms with Crippen LogP contribution in [0.25, 0.3) is 22.4 Å². The van der Waals surface area contributed by atoms with E-state index in [-0.39, 0.29) is 0 Å². The maximum atomic E-state index is 3.55. The van der Waals surface area contributed by atoms with Crippen molar-refractivity contribution in [2.75, 3.05) is 0 Å². The van der Waals surface area contributed by atoms with Crippen molar-refractivity contribution >= 4 is 31.9 Å². The van der Waals surface area contributed by atoms with Gasteiger partial charge in [-0.3, -0.25) is 0 Å². The van der Waals surface area contributed by atoms with Gasteiger partial charge >= 0.3 is 0 Å². The van der Waals surface area contributed by atoms with Gasteiger partial charge in [0.05, 0.1) is 0 Å². The zero-order valence-electron chi connectivity index (χ0n) is 15.6. The van der Waals surface area contributed by atoms with Gasteiger partial charge in [0, 0.05) is 39.1 Å². The molecule has 0 spiro atoms. The molecule has 0 aliphatic carbocycles. The van der Waals surface area contributed by atoms with E-state index in [4.69, 9.17) is 0 Å². The molecule has 0 unspecified atom stereocenters. The Labute approximate surface area is 182 Å². The number of aryl methyl sites for hydroxylation is 1. The van der Waals surface area contributed by atoms with Crippen LogP contribution in [0.3, 0.4) is 0 Å². The van der Waals surface area contributed by atoms with Gasteiger partial charge in [-0.1, -0.05) is 74.3 Å². The number of benzene rings is 3. The summed E-state index contributed by atoms with van der Waals surface area (Å²) in [6, 6.07) is 32.2. The van der Waals surface area contributed by atoms with Crippen LogP contribution >= 0.6 is 31.9 Å². The normalized spacial score (nSPS) is 10.8. The summed E-state index contributed by atoms with van der Waals surface area (Å²) in [4.78, 5) is 0. The van der Waals surface area contributed by atoms with Crippen molar-refractivity contribution in [1.82, 2.24) is 0 Å². The van der Waals surface area contributed by atoms with E-state index in [9.17, 15) is 0 Å². The maximum absolute atomic E-state index is 3.55. The van der Waals surface area contributed by atoms with Crippen LogP contribution in [0.15, 0.2) is 99.9 Å². The molecule has 1 aromatic heterocycles.